The van der Waals surface area contributed by atoms with Crippen LogP contribution in [-0.4, -0.2) is 30.5 Å². The molecule has 0 aliphatic heterocycles. The Morgan fingerprint density at radius 3 is 1.48 bits per heavy atom. The van der Waals surface area contributed by atoms with E-state index in [9.17, 15) is 0 Å². The molecule has 0 amide bonds. The van der Waals surface area contributed by atoms with Gasteiger partial charge >= 0.3 is 164 Å². The van der Waals surface area contributed by atoms with E-state index in [0.29, 0.717) is 6.42 Å². The van der Waals surface area contributed by atoms with Crippen molar-refractivity contribution >= 4 is 13.7 Å². The van der Waals surface area contributed by atoms with Crippen LogP contribution >= 0.6 is 0 Å². The zero-order chi connectivity index (χ0) is 19.9. The molecular weight excluding hydrogens is 459 g/mol. The van der Waals surface area contributed by atoms with Crippen molar-refractivity contribution in [3.8, 4) is 0 Å². The Morgan fingerprint density at radius 1 is 0.840 bits per heavy atom. The Kier molecular flexibility index (Phi) is 7.24. The molecule has 0 aromatic rings. The zero-order valence-corrected chi connectivity index (χ0v) is 22.5. The molecule has 146 valence electrons. The minimum atomic E-state index is -4.29. The third-order valence-electron chi connectivity index (χ3n) is 3.26. The molecule has 1 aliphatic rings. The standard InChI is InChI=1S/C7H10FGe.3C4H9O.Zr/c1-9(2,8)7-5-3-4-6-7;3*1-4(2,3)5;/h3,5H,4H2,1-2H3;3*1-3H3;/q;3*-1;+3. The van der Waals surface area contributed by atoms with Gasteiger partial charge in [-0.05, 0) is 0 Å². The van der Waals surface area contributed by atoms with Crippen LogP contribution in [0.25, 0.3) is 0 Å². The van der Waals surface area contributed by atoms with E-state index in [1.807, 2.05) is 74.5 Å². The van der Waals surface area contributed by atoms with Crippen molar-refractivity contribution in [3.05, 3.63) is 19.8 Å². The van der Waals surface area contributed by atoms with Gasteiger partial charge in [0.1, 0.15) is 0 Å². The summed E-state index contributed by atoms with van der Waals surface area (Å²) in [5, 5.41) is 0. The van der Waals surface area contributed by atoms with Crippen LogP contribution in [0.15, 0.2) is 19.8 Å². The minimum absolute atomic E-state index is 0.430. The zero-order valence-electron chi connectivity index (χ0n) is 18.0. The molecule has 1 aliphatic carbocycles. The second-order valence-corrected chi connectivity index (χ2v) is 23.2. The maximum atomic E-state index is 15.1. The molecular formula is C19H37FGeO3Zr. The molecule has 0 aromatic carbocycles. The molecule has 0 N–H and O–H groups in total. The van der Waals surface area contributed by atoms with E-state index in [1.54, 1.807) is 11.5 Å². The normalized spacial score (nSPS) is 17.6. The summed E-state index contributed by atoms with van der Waals surface area (Å²) in [4.78, 5) is 0. The number of hydrogen-bond acceptors (Lipinski definition) is 3. The van der Waals surface area contributed by atoms with E-state index < -0.39 is 52.1 Å². The van der Waals surface area contributed by atoms with E-state index in [2.05, 4.69) is 0 Å². The summed E-state index contributed by atoms with van der Waals surface area (Å²) in [5.74, 6) is 3.54. The predicted molar refractivity (Wildman–Crippen MR) is 102 cm³/mol. The molecule has 0 saturated carbocycles. The Hall–Kier alpha value is 0.716. The molecule has 0 atom stereocenters. The van der Waals surface area contributed by atoms with Crippen LogP contribution < -0.4 is 0 Å². The molecule has 0 fully saturated rings. The van der Waals surface area contributed by atoms with E-state index >= 15 is 3.50 Å². The molecule has 0 radical (unpaired) electrons. The molecule has 0 unspecified atom stereocenters. The van der Waals surface area contributed by atoms with E-state index in [1.165, 1.54) is 0 Å². The molecule has 6 heteroatoms. The Balaban J connectivity index is 3.63. The van der Waals surface area contributed by atoms with Crippen LogP contribution in [0.3, 0.4) is 0 Å². The fourth-order valence-corrected chi connectivity index (χ4v) is 20.4. The summed E-state index contributed by atoms with van der Waals surface area (Å²) in [6, 6.07) is 0. The molecule has 3 nitrogen and oxygen atoms in total. The van der Waals surface area contributed by atoms with Gasteiger partial charge in [-0.15, -0.1) is 0 Å². The van der Waals surface area contributed by atoms with Gasteiger partial charge in [-0.25, -0.2) is 0 Å². The molecule has 0 spiro atoms. The number of hydrogen-bond donors (Lipinski definition) is 0. The van der Waals surface area contributed by atoms with Crippen LogP contribution in [0.4, 0.5) is 3.50 Å². The Morgan fingerprint density at radius 2 is 1.20 bits per heavy atom. The van der Waals surface area contributed by atoms with Gasteiger partial charge < -0.3 is 0 Å². The monoisotopic (exact) mass is 496 g/mol. The summed E-state index contributed by atoms with van der Waals surface area (Å²) < 4.78 is 36.8. The fourth-order valence-electron chi connectivity index (χ4n) is 2.81. The molecule has 0 bridgehead atoms. The number of halogens is 1. The van der Waals surface area contributed by atoms with Crippen molar-refractivity contribution in [3.63, 3.8) is 0 Å². The average molecular weight is 496 g/mol. The first-order valence-electron chi connectivity index (χ1n) is 9.05. The van der Waals surface area contributed by atoms with E-state index in [-0.39, 0.29) is 0 Å². The first-order chi connectivity index (χ1) is 10.8. The summed E-state index contributed by atoms with van der Waals surface area (Å²) in [6.07, 6.45) is 4.66. The average Bonchev–Trinajstić information content (AvgIpc) is 2.68. The van der Waals surface area contributed by atoms with Gasteiger partial charge in [-0.3, -0.25) is 0 Å². The van der Waals surface area contributed by atoms with Gasteiger partial charge in [-0.1, -0.05) is 0 Å². The first-order valence-corrected chi connectivity index (χ1v) is 19.3. The van der Waals surface area contributed by atoms with Gasteiger partial charge in [0, 0.05) is 0 Å². The molecule has 1 rings (SSSR count). The molecule has 25 heavy (non-hydrogen) atoms. The van der Waals surface area contributed by atoms with E-state index in [0.717, 1.165) is 7.69 Å². The van der Waals surface area contributed by atoms with Gasteiger partial charge in [0.2, 0.25) is 0 Å². The summed E-state index contributed by atoms with van der Waals surface area (Å²) in [6.45, 7) is 18.1. The van der Waals surface area contributed by atoms with Crippen molar-refractivity contribution in [1.29, 1.82) is 0 Å². The molecule has 0 aromatic heterocycles. The first kappa shape index (κ1) is 23.8. The van der Waals surface area contributed by atoms with E-state index in [4.69, 9.17) is 8.44 Å². The second kappa shape index (κ2) is 7.62. The summed E-state index contributed by atoms with van der Waals surface area (Å²) in [7, 11) is 0. The SMILES string of the molecule is CC(C)(C)[O][Zr]([O]C(C)(C)C)([O]C(C)(C)C)[C]1=[C]([Ge]([CH3])([CH3])[F])C=CC1. The molecule has 0 heterocycles. The summed E-state index contributed by atoms with van der Waals surface area (Å²) >= 11 is -7.85. The van der Waals surface area contributed by atoms with Gasteiger partial charge in [0.05, 0.1) is 0 Å². The quantitative estimate of drug-likeness (QED) is 0.421. The van der Waals surface area contributed by atoms with Gasteiger partial charge in [-0.2, -0.15) is 0 Å². The number of allylic oxidation sites excluding steroid dienone is 4. The third-order valence-corrected chi connectivity index (χ3v) is 17.7. The fraction of sp³-hybridized carbons (Fsp3) is 0.789. The predicted octanol–water partition coefficient (Wildman–Crippen LogP) is 6.26. The van der Waals surface area contributed by atoms with Gasteiger partial charge in [0.25, 0.3) is 0 Å². The van der Waals surface area contributed by atoms with Crippen LogP contribution in [0.1, 0.15) is 68.7 Å². The second-order valence-electron chi connectivity index (χ2n) is 10.2. The van der Waals surface area contributed by atoms with Crippen LogP contribution in [0.5, 0.6) is 0 Å². The van der Waals surface area contributed by atoms with Gasteiger partial charge in [0.15, 0.2) is 0 Å². The topological polar surface area (TPSA) is 27.7 Å². The maximum absolute atomic E-state index is 15.1. The van der Waals surface area contributed by atoms with Crippen molar-refractivity contribution in [2.24, 2.45) is 0 Å². The van der Waals surface area contributed by atoms with Crippen LogP contribution in [0, 0.1) is 0 Å². The Bertz CT molecular complexity index is 502. The van der Waals surface area contributed by atoms with Crippen molar-refractivity contribution in [1.82, 2.24) is 0 Å². The third kappa shape index (κ3) is 7.69. The van der Waals surface area contributed by atoms with Crippen molar-refractivity contribution in [2.45, 2.75) is 97.1 Å². The summed E-state index contributed by atoms with van der Waals surface area (Å²) in [5.41, 5.74) is -1.29. The van der Waals surface area contributed by atoms with Crippen molar-refractivity contribution < 1.29 is 33.5 Å². The van der Waals surface area contributed by atoms with Crippen LogP contribution in [-0.2, 0) is 30.0 Å². The van der Waals surface area contributed by atoms with Crippen molar-refractivity contribution in [2.75, 3.05) is 0 Å². The Labute approximate surface area is 163 Å². The number of rotatable bonds is 5. The van der Waals surface area contributed by atoms with Crippen LogP contribution in [0.2, 0.25) is 11.5 Å². The molecule has 0 saturated heterocycles.